The van der Waals surface area contributed by atoms with Crippen LogP contribution in [0.15, 0.2) is 30.3 Å². The van der Waals surface area contributed by atoms with E-state index in [1.165, 1.54) is 10.4 Å². The minimum absolute atomic E-state index is 0.128. The number of alkyl halides is 3. The Hall–Kier alpha value is -1.87. The molecule has 2 aromatic rings. The molecular weight excluding hydrogens is 343 g/mol. The van der Waals surface area contributed by atoms with E-state index < -0.39 is 21.9 Å². The van der Waals surface area contributed by atoms with Crippen molar-refractivity contribution in [1.82, 2.24) is 9.29 Å². The van der Waals surface area contributed by atoms with Gasteiger partial charge in [-0.05, 0) is 18.6 Å². The summed E-state index contributed by atoms with van der Waals surface area (Å²) in [6, 6.07) is 7.49. The largest absolute Gasteiger partial charge is 0.433 e. The average Bonchev–Trinajstić information content (AvgIpc) is 2.85. The van der Waals surface area contributed by atoms with Crippen LogP contribution in [0.25, 0.3) is 10.9 Å². The third kappa shape index (κ3) is 3.46. The lowest BCUT2D eigenvalue weighted by Crippen LogP contribution is -2.30. The summed E-state index contributed by atoms with van der Waals surface area (Å²) in [5.41, 5.74) is -0.439. The molecule has 0 aliphatic carbocycles. The summed E-state index contributed by atoms with van der Waals surface area (Å²) in [6.45, 7) is 0.903. The van der Waals surface area contributed by atoms with Crippen LogP contribution >= 0.6 is 0 Å². The van der Waals surface area contributed by atoms with E-state index in [0.29, 0.717) is 24.0 Å². The number of halogens is 3. The Kier molecular flexibility index (Phi) is 4.39. The van der Waals surface area contributed by atoms with Crippen molar-refractivity contribution in [2.75, 3.05) is 30.7 Å². The fourth-order valence-corrected chi connectivity index (χ4v) is 4.25. The first-order valence-electron chi connectivity index (χ1n) is 7.46. The molecule has 1 aromatic carbocycles. The number of rotatable bonds is 4. The molecule has 1 aliphatic heterocycles. The molecule has 9 heteroatoms. The van der Waals surface area contributed by atoms with Crippen LogP contribution in [0.4, 0.5) is 18.9 Å². The summed E-state index contributed by atoms with van der Waals surface area (Å²) in [5.74, 6) is 0.128. The highest BCUT2D eigenvalue weighted by atomic mass is 32.2. The Labute approximate surface area is 137 Å². The highest BCUT2D eigenvalue weighted by molar-refractivity contribution is 7.89. The maximum Gasteiger partial charge on any atom is 0.433 e. The fourth-order valence-electron chi connectivity index (χ4n) is 2.72. The van der Waals surface area contributed by atoms with Gasteiger partial charge in [0.1, 0.15) is 5.69 Å². The number of sulfonamides is 1. The fraction of sp³-hybridized carbons (Fsp3) is 0.400. The van der Waals surface area contributed by atoms with Crippen LogP contribution in [0.5, 0.6) is 0 Å². The Morgan fingerprint density at radius 3 is 2.67 bits per heavy atom. The normalized spacial score (nSPS) is 18.1. The monoisotopic (exact) mass is 359 g/mol. The quantitative estimate of drug-likeness (QED) is 0.912. The topological polar surface area (TPSA) is 62.3 Å². The van der Waals surface area contributed by atoms with Crippen molar-refractivity contribution in [3.8, 4) is 0 Å². The Morgan fingerprint density at radius 1 is 1.25 bits per heavy atom. The van der Waals surface area contributed by atoms with E-state index >= 15 is 0 Å². The van der Waals surface area contributed by atoms with Crippen LogP contribution in [0.3, 0.4) is 0 Å². The molecule has 1 saturated heterocycles. The molecular formula is C15H16F3N3O2S. The SMILES string of the molecule is O=S1(=O)CCCN1CCNc1cc(C(F)(F)F)nc2ccccc12. The number of anilines is 1. The van der Waals surface area contributed by atoms with Gasteiger partial charge in [0.05, 0.1) is 11.3 Å². The van der Waals surface area contributed by atoms with Crippen LogP contribution in [0, 0.1) is 0 Å². The summed E-state index contributed by atoms with van der Waals surface area (Å²) in [5, 5.41) is 3.48. The van der Waals surface area contributed by atoms with Gasteiger partial charge in [-0.15, -0.1) is 0 Å². The minimum atomic E-state index is -4.54. The van der Waals surface area contributed by atoms with Crippen molar-refractivity contribution in [2.24, 2.45) is 0 Å². The van der Waals surface area contributed by atoms with Crippen LogP contribution in [0.1, 0.15) is 12.1 Å². The first kappa shape index (κ1) is 17.0. The zero-order valence-electron chi connectivity index (χ0n) is 12.7. The predicted octanol–water partition coefficient (Wildman–Crippen LogP) is 2.70. The maximum absolute atomic E-state index is 13.0. The number of benzene rings is 1. The molecule has 1 N–H and O–H groups in total. The van der Waals surface area contributed by atoms with Crippen molar-refractivity contribution in [2.45, 2.75) is 12.6 Å². The number of hydrogen-bond acceptors (Lipinski definition) is 4. The average molecular weight is 359 g/mol. The predicted molar refractivity (Wildman–Crippen MR) is 85.2 cm³/mol. The second-order valence-corrected chi connectivity index (χ2v) is 7.65. The minimum Gasteiger partial charge on any atom is -0.383 e. The molecule has 3 rings (SSSR count). The molecule has 2 heterocycles. The number of pyridine rings is 1. The van der Waals surface area contributed by atoms with Crippen LogP contribution in [0.2, 0.25) is 0 Å². The van der Waals surface area contributed by atoms with Gasteiger partial charge in [-0.3, -0.25) is 0 Å². The molecule has 0 bridgehead atoms. The van der Waals surface area contributed by atoms with E-state index in [2.05, 4.69) is 10.3 Å². The maximum atomic E-state index is 13.0. The molecule has 1 aromatic heterocycles. The van der Waals surface area contributed by atoms with E-state index in [0.717, 1.165) is 6.07 Å². The lowest BCUT2D eigenvalue weighted by molar-refractivity contribution is -0.140. The smallest absolute Gasteiger partial charge is 0.383 e. The van der Waals surface area contributed by atoms with Gasteiger partial charge < -0.3 is 5.32 Å². The van der Waals surface area contributed by atoms with Crippen molar-refractivity contribution in [3.05, 3.63) is 36.0 Å². The van der Waals surface area contributed by atoms with Crippen molar-refractivity contribution >= 4 is 26.6 Å². The van der Waals surface area contributed by atoms with Gasteiger partial charge in [0.25, 0.3) is 0 Å². The molecule has 0 radical (unpaired) electrons. The summed E-state index contributed by atoms with van der Waals surface area (Å²) in [7, 11) is -3.21. The van der Waals surface area contributed by atoms with E-state index in [9.17, 15) is 21.6 Å². The summed E-state index contributed by atoms with van der Waals surface area (Å²) >= 11 is 0. The zero-order chi connectivity index (χ0) is 17.4. The molecule has 24 heavy (non-hydrogen) atoms. The number of nitrogens with one attached hydrogen (secondary N) is 1. The molecule has 130 valence electrons. The van der Waals surface area contributed by atoms with Gasteiger partial charge in [-0.25, -0.2) is 17.7 Å². The lowest BCUT2D eigenvalue weighted by Gasteiger charge is -2.17. The summed E-state index contributed by atoms with van der Waals surface area (Å²) in [4.78, 5) is 3.64. The number of nitrogens with zero attached hydrogens (tertiary/aromatic N) is 2. The second-order valence-electron chi connectivity index (χ2n) is 5.57. The molecule has 0 amide bonds. The third-order valence-corrected chi connectivity index (χ3v) is 5.84. The standard InChI is InChI=1S/C15H16F3N3O2S/c16-15(17,18)14-10-13(11-4-1-2-5-12(11)20-14)19-6-8-21-7-3-9-24(21,22)23/h1-2,4-5,10H,3,6-9H2,(H,19,20). The molecule has 1 fully saturated rings. The summed E-state index contributed by atoms with van der Waals surface area (Å²) in [6.07, 6.45) is -3.96. The molecule has 0 atom stereocenters. The van der Waals surface area contributed by atoms with E-state index in [-0.39, 0.29) is 24.4 Å². The number of aromatic nitrogens is 1. The van der Waals surface area contributed by atoms with Crippen molar-refractivity contribution in [3.63, 3.8) is 0 Å². The number of para-hydroxylation sites is 1. The van der Waals surface area contributed by atoms with Crippen LogP contribution in [-0.2, 0) is 16.2 Å². The van der Waals surface area contributed by atoms with Crippen molar-refractivity contribution < 1.29 is 21.6 Å². The van der Waals surface area contributed by atoms with Crippen LogP contribution < -0.4 is 5.32 Å². The molecule has 0 spiro atoms. The Bertz CT molecular complexity index is 853. The highest BCUT2D eigenvalue weighted by Gasteiger charge is 2.33. The van der Waals surface area contributed by atoms with Gasteiger partial charge >= 0.3 is 6.18 Å². The summed E-state index contributed by atoms with van der Waals surface area (Å²) < 4.78 is 63.8. The number of fused-ring (bicyclic) bond motifs is 1. The second kappa shape index (κ2) is 6.21. The number of hydrogen-bond donors (Lipinski definition) is 1. The lowest BCUT2D eigenvalue weighted by atomic mass is 10.1. The van der Waals surface area contributed by atoms with Gasteiger partial charge in [-0.1, -0.05) is 18.2 Å². The Morgan fingerprint density at radius 2 is 2.00 bits per heavy atom. The Balaban J connectivity index is 1.83. The molecule has 0 unspecified atom stereocenters. The van der Waals surface area contributed by atoms with Gasteiger partial charge in [-0.2, -0.15) is 13.2 Å². The van der Waals surface area contributed by atoms with Gasteiger partial charge in [0.15, 0.2) is 0 Å². The molecule has 5 nitrogen and oxygen atoms in total. The van der Waals surface area contributed by atoms with Crippen LogP contribution in [-0.4, -0.2) is 43.1 Å². The van der Waals surface area contributed by atoms with E-state index in [1.807, 2.05) is 0 Å². The van der Waals surface area contributed by atoms with Crippen molar-refractivity contribution in [1.29, 1.82) is 0 Å². The van der Waals surface area contributed by atoms with E-state index in [1.54, 1.807) is 18.2 Å². The van der Waals surface area contributed by atoms with Gasteiger partial charge in [0, 0.05) is 30.7 Å². The first-order valence-corrected chi connectivity index (χ1v) is 9.07. The highest BCUT2D eigenvalue weighted by Crippen LogP contribution is 2.32. The van der Waals surface area contributed by atoms with E-state index in [4.69, 9.17) is 0 Å². The third-order valence-electron chi connectivity index (χ3n) is 3.89. The van der Waals surface area contributed by atoms with Gasteiger partial charge in [0.2, 0.25) is 10.0 Å². The molecule has 0 saturated carbocycles. The zero-order valence-corrected chi connectivity index (χ0v) is 13.5. The first-order chi connectivity index (χ1) is 11.3. The molecule has 1 aliphatic rings.